The summed E-state index contributed by atoms with van der Waals surface area (Å²) in [4.78, 5) is 6.11. The smallest absolute Gasteiger partial charge is 0.264 e. The molecule has 0 aliphatic carbocycles. The minimum atomic E-state index is 0.368. The molecule has 7 heteroatoms. The van der Waals surface area contributed by atoms with Gasteiger partial charge in [0.1, 0.15) is 6.33 Å². The number of aromatic amines is 1. The number of H-pyrrole nitrogens is 1. The van der Waals surface area contributed by atoms with Crippen molar-refractivity contribution in [2.24, 2.45) is 10.2 Å². The van der Waals surface area contributed by atoms with Crippen LogP contribution in [0.1, 0.15) is 12.0 Å². The number of azo groups is 1. The first-order valence-electron chi connectivity index (χ1n) is 8.38. The second-order valence-electron chi connectivity index (χ2n) is 5.66. The molecule has 0 unspecified atom stereocenters. The van der Waals surface area contributed by atoms with Crippen molar-refractivity contribution < 1.29 is 0 Å². The van der Waals surface area contributed by atoms with Gasteiger partial charge >= 0.3 is 0 Å². The third-order valence-electron chi connectivity index (χ3n) is 3.88. The molecule has 0 spiro atoms. The summed E-state index contributed by atoms with van der Waals surface area (Å²) in [6, 6.07) is 20.4. The molecule has 1 aromatic heterocycles. The summed E-state index contributed by atoms with van der Waals surface area (Å²) in [5.41, 5.74) is 3.08. The lowest BCUT2D eigenvalue weighted by atomic mass is 10.1. The number of nitrogens with one attached hydrogen (secondary N) is 1. The summed E-state index contributed by atoms with van der Waals surface area (Å²) in [6.07, 6.45) is 2.80. The lowest BCUT2D eigenvalue weighted by Crippen LogP contribution is -2.26. The molecule has 26 heavy (non-hydrogen) atoms. The Balaban J connectivity index is 1.66. The van der Waals surface area contributed by atoms with Gasteiger partial charge in [-0.3, -0.25) is 0 Å². The first-order chi connectivity index (χ1) is 12.8. The second-order valence-corrected chi connectivity index (χ2v) is 5.66. The minimum Gasteiger partial charge on any atom is -0.370 e. The molecule has 1 heterocycles. The van der Waals surface area contributed by atoms with E-state index in [2.05, 4.69) is 48.5 Å². The second kappa shape index (κ2) is 9.08. The molecule has 0 fully saturated rings. The molecule has 3 aromatic rings. The number of benzene rings is 2. The number of rotatable bonds is 8. The number of nitriles is 1. The van der Waals surface area contributed by atoms with Gasteiger partial charge in [-0.05, 0) is 36.2 Å². The molecule has 0 aliphatic rings. The highest BCUT2D eigenvalue weighted by molar-refractivity contribution is 5.53. The third-order valence-corrected chi connectivity index (χ3v) is 3.88. The van der Waals surface area contributed by atoms with E-state index in [1.165, 1.54) is 11.9 Å². The maximum atomic E-state index is 8.93. The van der Waals surface area contributed by atoms with Crippen molar-refractivity contribution in [3.8, 4) is 6.07 Å². The molecular weight excluding hydrogens is 326 g/mol. The molecule has 1 N–H and O–H groups in total. The van der Waals surface area contributed by atoms with Crippen molar-refractivity contribution >= 4 is 17.3 Å². The van der Waals surface area contributed by atoms with E-state index in [9.17, 15) is 0 Å². The fourth-order valence-electron chi connectivity index (χ4n) is 2.55. The van der Waals surface area contributed by atoms with Crippen molar-refractivity contribution in [1.29, 1.82) is 5.26 Å². The molecule has 3 rings (SSSR count). The van der Waals surface area contributed by atoms with Gasteiger partial charge in [-0.2, -0.15) is 15.3 Å². The number of hydrogen-bond acceptors (Lipinski definition) is 6. The molecule has 0 atom stereocenters. The highest BCUT2D eigenvalue weighted by Gasteiger charge is 2.07. The van der Waals surface area contributed by atoms with E-state index in [4.69, 9.17) is 5.26 Å². The molecule has 0 aliphatic heterocycles. The number of aromatic nitrogens is 3. The Morgan fingerprint density at radius 2 is 1.81 bits per heavy atom. The van der Waals surface area contributed by atoms with E-state index in [0.29, 0.717) is 18.9 Å². The van der Waals surface area contributed by atoms with Crippen molar-refractivity contribution in [1.82, 2.24) is 15.2 Å². The van der Waals surface area contributed by atoms with Gasteiger partial charge in [-0.1, -0.05) is 30.3 Å². The average Bonchev–Trinajstić information content (AvgIpc) is 3.21. The van der Waals surface area contributed by atoms with Gasteiger partial charge in [0, 0.05) is 18.8 Å². The number of nitrogens with zero attached hydrogens (tertiary/aromatic N) is 6. The zero-order valence-electron chi connectivity index (χ0n) is 14.3. The Morgan fingerprint density at radius 3 is 2.50 bits per heavy atom. The summed E-state index contributed by atoms with van der Waals surface area (Å²) >= 11 is 0. The largest absolute Gasteiger partial charge is 0.370 e. The Morgan fingerprint density at radius 1 is 1.00 bits per heavy atom. The highest BCUT2D eigenvalue weighted by Crippen LogP contribution is 2.21. The van der Waals surface area contributed by atoms with Gasteiger partial charge < -0.3 is 4.90 Å². The standard InChI is InChI=1S/C19H19N7/c20-12-4-13-26(14-11-16-5-2-1-3-6-16)18-9-7-17(8-10-18)23-25-19-21-15-22-24-19/h1-3,5-10,15H,4,11,13-14H2,(H,21,22,24). The van der Waals surface area contributed by atoms with Crippen LogP contribution in [0.5, 0.6) is 0 Å². The maximum Gasteiger partial charge on any atom is 0.264 e. The van der Waals surface area contributed by atoms with Crippen LogP contribution in [0.2, 0.25) is 0 Å². The van der Waals surface area contributed by atoms with Gasteiger partial charge in [-0.25, -0.2) is 5.10 Å². The average molecular weight is 345 g/mol. The number of hydrogen-bond donors (Lipinski definition) is 1. The quantitative estimate of drug-likeness (QED) is 0.620. The van der Waals surface area contributed by atoms with E-state index in [1.54, 1.807) is 0 Å². The van der Waals surface area contributed by atoms with Gasteiger partial charge in [-0.15, -0.1) is 10.2 Å². The van der Waals surface area contributed by atoms with Crippen molar-refractivity contribution in [2.45, 2.75) is 12.8 Å². The zero-order chi connectivity index (χ0) is 18.0. The van der Waals surface area contributed by atoms with Gasteiger partial charge in [0.2, 0.25) is 0 Å². The van der Waals surface area contributed by atoms with Crippen molar-refractivity contribution in [3.05, 3.63) is 66.5 Å². The van der Waals surface area contributed by atoms with Gasteiger partial charge in [0.05, 0.1) is 18.2 Å². The van der Waals surface area contributed by atoms with Crippen LogP contribution in [0.25, 0.3) is 0 Å². The Bertz CT molecular complexity index is 849. The minimum absolute atomic E-state index is 0.368. The summed E-state index contributed by atoms with van der Waals surface area (Å²) in [6.45, 7) is 1.55. The van der Waals surface area contributed by atoms with E-state index in [0.717, 1.165) is 24.3 Å². The van der Waals surface area contributed by atoms with Crippen LogP contribution < -0.4 is 4.90 Å². The van der Waals surface area contributed by atoms with Crippen LogP contribution >= 0.6 is 0 Å². The van der Waals surface area contributed by atoms with Crippen molar-refractivity contribution in [3.63, 3.8) is 0 Å². The molecule has 130 valence electrons. The van der Waals surface area contributed by atoms with Crippen LogP contribution in [-0.4, -0.2) is 28.3 Å². The summed E-state index contributed by atoms with van der Waals surface area (Å²) in [5, 5.41) is 23.4. The Hall–Kier alpha value is -3.53. The lowest BCUT2D eigenvalue weighted by Gasteiger charge is -2.24. The molecule has 0 amide bonds. The van der Waals surface area contributed by atoms with E-state index in [-0.39, 0.29) is 0 Å². The predicted molar refractivity (Wildman–Crippen MR) is 99.6 cm³/mol. The zero-order valence-corrected chi connectivity index (χ0v) is 14.3. The Kier molecular flexibility index (Phi) is 6.04. The predicted octanol–water partition coefficient (Wildman–Crippen LogP) is 4.18. The monoisotopic (exact) mass is 345 g/mol. The maximum absolute atomic E-state index is 8.93. The fraction of sp³-hybridized carbons (Fsp3) is 0.211. The van der Waals surface area contributed by atoms with Crippen molar-refractivity contribution in [2.75, 3.05) is 18.0 Å². The summed E-state index contributed by atoms with van der Waals surface area (Å²) in [7, 11) is 0. The number of anilines is 1. The fourth-order valence-corrected chi connectivity index (χ4v) is 2.55. The molecule has 0 saturated carbocycles. The topological polar surface area (TPSA) is 93.3 Å². The van der Waals surface area contributed by atoms with Gasteiger partial charge in [0.25, 0.3) is 5.95 Å². The van der Waals surface area contributed by atoms with E-state index < -0.39 is 0 Å². The molecular formula is C19H19N7. The first kappa shape index (κ1) is 17.3. The summed E-state index contributed by atoms with van der Waals surface area (Å²) in [5.74, 6) is 0.368. The summed E-state index contributed by atoms with van der Waals surface area (Å²) < 4.78 is 0. The van der Waals surface area contributed by atoms with Crippen LogP contribution in [0.15, 0.2) is 71.2 Å². The van der Waals surface area contributed by atoms with E-state index >= 15 is 0 Å². The highest BCUT2D eigenvalue weighted by atomic mass is 15.3. The molecule has 0 saturated heterocycles. The first-order valence-corrected chi connectivity index (χ1v) is 8.38. The van der Waals surface area contributed by atoms with E-state index in [1.807, 2.05) is 42.5 Å². The van der Waals surface area contributed by atoms with Crippen LogP contribution in [-0.2, 0) is 6.42 Å². The molecule has 2 aromatic carbocycles. The Labute approximate surface area is 152 Å². The molecule has 0 bridgehead atoms. The third kappa shape index (κ3) is 4.98. The normalized spacial score (nSPS) is 10.7. The molecule has 7 nitrogen and oxygen atoms in total. The SMILES string of the molecule is N#CCCN(CCc1ccccc1)c1ccc(N=Nc2ncn[nH]2)cc1. The van der Waals surface area contributed by atoms with Crippen LogP contribution in [0.4, 0.5) is 17.3 Å². The van der Waals surface area contributed by atoms with Crippen LogP contribution in [0.3, 0.4) is 0 Å². The van der Waals surface area contributed by atoms with Crippen LogP contribution in [0, 0.1) is 11.3 Å². The lowest BCUT2D eigenvalue weighted by molar-refractivity contribution is 0.782. The van der Waals surface area contributed by atoms with Gasteiger partial charge in [0.15, 0.2) is 0 Å². The molecule has 0 radical (unpaired) electrons.